The molecule has 24 heavy (non-hydrogen) atoms. The highest BCUT2D eigenvalue weighted by molar-refractivity contribution is 5.94. The zero-order valence-corrected chi connectivity index (χ0v) is 15.0. The molecule has 0 aromatic carbocycles. The van der Waals surface area contributed by atoms with Crippen molar-refractivity contribution in [3.8, 4) is 0 Å². The molecule has 1 aliphatic heterocycles. The van der Waals surface area contributed by atoms with Crippen LogP contribution in [0.15, 0.2) is 24.5 Å². The van der Waals surface area contributed by atoms with E-state index in [2.05, 4.69) is 11.9 Å². The van der Waals surface area contributed by atoms with Gasteiger partial charge in [0.2, 0.25) is 0 Å². The highest BCUT2D eigenvalue weighted by Crippen LogP contribution is 2.17. The Morgan fingerprint density at radius 3 is 2.46 bits per heavy atom. The lowest BCUT2D eigenvalue weighted by Crippen LogP contribution is -2.49. The molecule has 1 amide bonds. The summed E-state index contributed by atoms with van der Waals surface area (Å²) in [4.78, 5) is 18.3. The minimum absolute atomic E-state index is 0.107. The van der Waals surface area contributed by atoms with Crippen molar-refractivity contribution in [1.29, 1.82) is 0 Å². The van der Waals surface area contributed by atoms with Crippen LogP contribution in [-0.2, 0) is 0 Å². The van der Waals surface area contributed by atoms with E-state index < -0.39 is 0 Å². The number of nitrogens with zero attached hydrogens (tertiary/aromatic N) is 3. The van der Waals surface area contributed by atoms with Crippen LogP contribution in [0.5, 0.6) is 0 Å². The van der Waals surface area contributed by atoms with E-state index in [1.807, 2.05) is 9.91 Å². The van der Waals surface area contributed by atoms with Crippen LogP contribution >= 0.6 is 0 Å². The Hall–Kier alpha value is -1.46. The van der Waals surface area contributed by atoms with Gasteiger partial charge < -0.3 is 4.90 Å². The summed E-state index contributed by atoms with van der Waals surface area (Å²) >= 11 is 0. The largest absolute Gasteiger partial charge is 0.339 e. The van der Waals surface area contributed by atoms with Gasteiger partial charge in [-0.25, -0.2) is 5.01 Å². The molecule has 0 bridgehead atoms. The number of aromatic nitrogens is 1. The molecular formula is C19H32N4O. The summed E-state index contributed by atoms with van der Waals surface area (Å²) in [5.74, 6) is 6.35. The van der Waals surface area contributed by atoms with Gasteiger partial charge in [0.25, 0.3) is 5.91 Å². The second-order valence-electron chi connectivity index (χ2n) is 6.76. The molecule has 1 aromatic heterocycles. The van der Waals surface area contributed by atoms with Crippen LogP contribution in [-0.4, -0.2) is 46.5 Å². The average Bonchev–Trinajstić information content (AvgIpc) is 2.64. The van der Waals surface area contributed by atoms with Crippen LogP contribution in [0, 0.1) is 0 Å². The Morgan fingerprint density at radius 2 is 1.79 bits per heavy atom. The van der Waals surface area contributed by atoms with Gasteiger partial charge in [-0.3, -0.25) is 15.6 Å². The Labute approximate surface area is 146 Å². The molecule has 1 aliphatic rings. The number of piperidine rings is 1. The Balaban J connectivity index is 1.65. The number of nitrogens with two attached hydrogens (primary N) is 1. The van der Waals surface area contributed by atoms with Gasteiger partial charge >= 0.3 is 0 Å². The molecule has 0 radical (unpaired) electrons. The van der Waals surface area contributed by atoms with Crippen molar-refractivity contribution in [2.45, 2.75) is 64.3 Å². The van der Waals surface area contributed by atoms with Gasteiger partial charge in [0.1, 0.15) is 0 Å². The fourth-order valence-electron chi connectivity index (χ4n) is 3.33. The van der Waals surface area contributed by atoms with E-state index in [0.29, 0.717) is 6.04 Å². The number of hydrogen-bond acceptors (Lipinski definition) is 4. The molecule has 5 nitrogen and oxygen atoms in total. The molecule has 1 fully saturated rings. The third-order valence-corrected chi connectivity index (χ3v) is 4.92. The molecule has 1 saturated heterocycles. The van der Waals surface area contributed by atoms with Crippen molar-refractivity contribution in [2.75, 3.05) is 19.6 Å². The summed E-state index contributed by atoms with van der Waals surface area (Å²) < 4.78 is 0. The number of unbranched alkanes of at least 4 members (excludes halogenated alkanes) is 5. The third-order valence-electron chi connectivity index (χ3n) is 4.92. The first-order chi connectivity index (χ1) is 11.7. The van der Waals surface area contributed by atoms with Gasteiger partial charge in [-0.15, -0.1) is 0 Å². The molecule has 5 heteroatoms. The summed E-state index contributed by atoms with van der Waals surface area (Å²) in [6, 6.07) is 3.96. The van der Waals surface area contributed by atoms with E-state index in [0.717, 1.165) is 38.0 Å². The van der Waals surface area contributed by atoms with Crippen molar-refractivity contribution in [1.82, 2.24) is 14.9 Å². The van der Waals surface area contributed by atoms with E-state index in [4.69, 9.17) is 5.84 Å². The van der Waals surface area contributed by atoms with Gasteiger partial charge in [0.05, 0.1) is 0 Å². The van der Waals surface area contributed by atoms with Crippen molar-refractivity contribution in [3.05, 3.63) is 30.1 Å². The summed E-state index contributed by atoms with van der Waals surface area (Å²) in [7, 11) is 0. The Kier molecular flexibility index (Phi) is 8.19. The van der Waals surface area contributed by atoms with Gasteiger partial charge in [0, 0.05) is 43.6 Å². The fraction of sp³-hybridized carbons (Fsp3) is 0.684. The van der Waals surface area contributed by atoms with Gasteiger partial charge in [-0.05, 0) is 31.4 Å². The number of pyridine rings is 1. The van der Waals surface area contributed by atoms with Crippen molar-refractivity contribution < 1.29 is 4.79 Å². The number of carbonyl (C=O) groups excluding carboxylic acids is 1. The van der Waals surface area contributed by atoms with E-state index >= 15 is 0 Å². The van der Waals surface area contributed by atoms with E-state index in [1.54, 1.807) is 24.5 Å². The molecule has 1 aromatic rings. The fourth-order valence-corrected chi connectivity index (χ4v) is 3.33. The summed E-state index contributed by atoms with van der Waals surface area (Å²) in [6.45, 7) is 4.79. The zero-order chi connectivity index (χ0) is 17.2. The number of hydrogen-bond donors (Lipinski definition) is 1. The zero-order valence-electron chi connectivity index (χ0n) is 15.0. The molecule has 0 saturated carbocycles. The number of amides is 1. The quantitative estimate of drug-likeness (QED) is 0.428. The van der Waals surface area contributed by atoms with Gasteiger partial charge in [-0.1, -0.05) is 39.0 Å². The van der Waals surface area contributed by atoms with Gasteiger partial charge in [0.15, 0.2) is 0 Å². The summed E-state index contributed by atoms with van der Waals surface area (Å²) in [5.41, 5.74) is 0.722. The van der Waals surface area contributed by atoms with Crippen molar-refractivity contribution in [2.24, 2.45) is 5.84 Å². The molecule has 2 rings (SSSR count). The second kappa shape index (κ2) is 10.4. The van der Waals surface area contributed by atoms with E-state index in [1.165, 1.54) is 38.5 Å². The minimum atomic E-state index is 0.107. The third kappa shape index (κ3) is 5.87. The van der Waals surface area contributed by atoms with Crippen molar-refractivity contribution in [3.63, 3.8) is 0 Å². The standard InChI is InChI=1S/C19H32N4O/c1-2-3-4-5-6-7-14-23(20)18-10-15-22(16-11-18)19(24)17-8-12-21-13-9-17/h8-9,12-13,18H,2-7,10-11,14-16,20H2,1H3. The first-order valence-corrected chi connectivity index (χ1v) is 9.43. The lowest BCUT2D eigenvalue weighted by molar-refractivity contribution is 0.0615. The average molecular weight is 332 g/mol. The number of carbonyl (C=O) groups is 1. The summed E-state index contributed by atoms with van der Waals surface area (Å²) in [6.07, 6.45) is 13.0. The summed E-state index contributed by atoms with van der Waals surface area (Å²) in [5, 5.41) is 2.01. The molecular weight excluding hydrogens is 300 g/mol. The smallest absolute Gasteiger partial charge is 0.253 e. The molecule has 2 N–H and O–H groups in total. The maximum Gasteiger partial charge on any atom is 0.253 e. The molecule has 134 valence electrons. The lowest BCUT2D eigenvalue weighted by atomic mass is 10.0. The monoisotopic (exact) mass is 332 g/mol. The van der Waals surface area contributed by atoms with E-state index in [9.17, 15) is 4.79 Å². The normalized spacial score (nSPS) is 15.9. The van der Waals surface area contributed by atoms with Crippen LogP contribution in [0.3, 0.4) is 0 Å². The second-order valence-corrected chi connectivity index (χ2v) is 6.76. The topological polar surface area (TPSA) is 62.5 Å². The van der Waals surface area contributed by atoms with E-state index in [-0.39, 0.29) is 5.91 Å². The molecule has 0 aliphatic carbocycles. The predicted octanol–water partition coefficient (Wildman–Crippen LogP) is 3.22. The first-order valence-electron chi connectivity index (χ1n) is 9.43. The molecule has 0 atom stereocenters. The maximum absolute atomic E-state index is 12.4. The van der Waals surface area contributed by atoms with Crippen LogP contribution in [0.25, 0.3) is 0 Å². The number of likely N-dealkylation sites (tertiary alicyclic amines) is 1. The maximum atomic E-state index is 12.4. The van der Waals surface area contributed by atoms with Crippen molar-refractivity contribution >= 4 is 5.91 Å². The predicted molar refractivity (Wildman–Crippen MR) is 97.4 cm³/mol. The van der Waals surface area contributed by atoms with Crippen LogP contribution in [0.4, 0.5) is 0 Å². The Morgan fingerprint density at radius 1 is 1.17 bits per heavy atom. The molecule has 0 spiro atoms. The SMILES string of the molecule is CCCCCCCCN(N)C1CCN(C(=O)c2ccncc2)CC1. The van der Waals surface area contributed by atoms with Crippen LogP contribution in [0.2, 0.25) is 0 Å². The Bertz CT molecular complexity index is 472. The first kappa shape index (κ1) is 18.9. The highest BCUT2D eigenvalue weighted by Gasteiger charge is 2.25. The molecule has 2 heterocycles. The van der Waals surface area contributed by atoms with Crippen LogP contribution in [0.1, 0.15) is 68.6 Å². The molecule has 0 unspecified atom stereocenters. The minimum Gasteiger partial charge on any atom is -0.339 e. The van der Waals surface area contributed by atoms with Gasteiger partial charge in [-0.2, -0.15) is 0 Å². The van der Waals surface area contributed by atoms with Crippen LogP contribution < -0.4 is 5.84 Å². The lowest BCUT2D eigenvalue weighted by Gasteiger charge is -2.36. The number of rotatable bonds is 9. The number of hydrazine groups is 1. The highest BCUT2D eigenvalue weighted by atomic mass is 16.2.